The van der Waals surface area contributed by atoms with Crippen LogP contribution in [0.4, 0.5) is 13.2 Å². The third kappa shape index (κ3) is 5.25. The van der Waals surface area contributed by atoms with Crippen LogP contribution in [0.1, 0.15) is 5.56 Å². The zero-order chi connectivity index (χ0) is 22.8. The van der Waals surface area contributed by atoms with E-state index in [1.165, 1.54) is 49.6 Å². The van der Waals surface area contributed by atoms with Crippen LogP contribution in [0, 0.1) is 7.14 Å². The fraction of sp³-hybridized carbons (Fsp3) is 0.158. The number of rotatable bonds is 7. The van der Waals surface area contributed by atoms with Crippen LogP contribution in [0.25, 0.3) is 0 Å². The van der Waals surface area contributed by atoms with Crippen molar-refractivity contribution in [2.75, 3.05) is 7.11 Å². The summed E-state index contributed by atoms with van der Waals surface area (Å²) >= 11 is -3.61. The summed E-state index contributed by atoms with van der Waals surface area (Å²) in [6.45, 7) is -0.114. The summed E-state index contributed by atoms with van der Waals surface area (Å²) in [6.07, 6.45) is 2.22. The topological polar surface area (TPSA) is 90.0 Å². The summed E-state index contributed by atoms with van der Waals surface area (Å²) in [5.74, 6) is -0.598. The first kappa shape index (κ1) is 23.2. The number of benzene rings is 2. The Labute approximate surface area is 183 Å². The number of hydrogen-bond donors (Lipinski definition) is 0. The van der Waals surface area contributed by atoms with Gasteiger partial charge in [0.2, 0.25) is 0 Å². The molecule has 0 aromatic heterocycles. The van der Waals surface area contributed by atoms with Crippen molar-refractivity contribution in [2.24, 2.45) is 0 Å². The molecule has 0 aliphatic carbocycles. The van der Waals surface area contributed by atoms with Gasteiger partial charge in [0.15, 0.2) is 0 Å². The van der Waals surface area contributed by atoms with Gasteiger partial charge in [-0.15, -0.1) is 0 Å². The molecular weight excluding hydrogens is 554 g/mol. The van der Waals surface area contributed by atoms with Crippen LogP contribution in [0.2, 0.25) is 0 Å². The summed E-state index contributed by atoms with van der Waals surface area (Å²) in [5.41, 5.74) is -5.14. The first-order chi connectivity index (χ1) is 14.5. The minimum atomic E-state index is -5.85. The molecule has 1 aliphatic rings. The Hall–Kier alpha value is -2.45. The maximum absolute atomic E-state index is 13.0. The monoisotopic (exact) mass is 569 g/mol. The van der Waals surface area contributed by atoms with Crippen molar-refractivity contribution in [1.29, 1.82) is 0 Å². The van der Waals surface area contributed by atoms with Crippen LogP contribution in [0.5, 0.6) is 5.75 Å². The van der Waals surface area contributed by atoms with Gasteiger partial charge in [0.1, 0.15) is 0 Å². The Balaban J connectivity index is 1.98. The SMILES string of the molecule is COc1ccc(I(OS(=O)(=O)C(F)(F)F)c2cccc(CN3C(=O)C=CC3=O)c2)cc1. The molecule has 0 radical (unpaired) electrons. The number of nitrogens with zero attached hydrogens (tertiary/aromatic N) is 1. The van der Waals surface area contributed by atoms with E-state index in [4.69, 9.17) is 7.25 Å². The van der Waals surface area contributed by atoms with Crippen molar-refractivity contribution in [3.8, 4) is 5.75 Å². The number of alkyl halides is 3. The molecule has 12 heteroatoms. The van der Waals surface area contributed by atoms with Gasteiger partial charge in [0, 0.05) is 0 Å². The molecule has 1 heterocycles. The third-order valence-electron chi connectivity index (χ3n) is 4.01. The summed E-state index contributed by atoms with van der Waals surface area (Å²) in [6, 6.07) is 11.8. The van der Waals surface area contributed by atoms with E-state index < -0.39 is 47.7 Å². The molecule has 0 fully saturated rings. The van der Waals surface area contributed by atoms with Crippen LogP contribution in [0.3, 0.4) is 0 Å². The van der Waals surface area contributed by atoms with E-state index in [0.29, 0.717) is 11.3 Å². The zero-order valence-electron chi connectivity index (χ0n) is 15.8. The van der Waals surface area contributed by atoms with Gasteiger partial charge in [0.25, 0.3) is 0 Å². The summed E-state index contributed by atoms with van der Waals surface area (Å²) in [7, 11) is -4.44. The van der Waals surface area contributed by atoms with Crippen LogP contribution in [-0.4, -0.2) is 37.8 Å². The van der Waals surface area contributed by atoms with E-state index in [-0.39, 0.29) is 13.7 Å². The van der Waals surface area contributed by atoms with Gasteiger partial charge < -0.3 is 0 Å². The van der Waals surface area contributed by atoms with Gasteiger partial charge in [0.05, 0.1) is 0 Å². The number of hydrogen-bond acceptors (Lipinski definition) is 6. The Morgan fingerprint density at radius 3 is 2.13 bits per heavy atom. The number of methoxy groups -OCH3 is 1. The molecular formula is C19H15F3INO6S. The van der Waals surface area contributed by atoms with Crippen molar-refractivity contribution in [3.63, 3.8) is 0 Å². The second kappa shape index (κ2) is 8.96. The molecule has 0 spiro atoms. The predicted octanol–water partition coefficient (Wildman–Crippen LogP) is 3.45. The number of halogens is 4. The van der Waals surface area contributed by atoms with Gasteiger partial charge in [-0.05, 0) is 0 Å². The Morgan fingerprint density at radius 2 is 1.58 bits per heavy atom. The molecule has 166 valence electrons. The van der Waals surface area contributed by atoms with Crippen LogP contribution in [0.15, 0.2) is 60.7 Å². The quantitative estimate of drug-likeness (QED) is 0.289. The molecule has 0 saturated carbocycles. The second-order valence-electron chi connectivity index (χ2n) is 6.10. The summed E-state index contributed by atoms with van der Waals surface area (Å²) in [5, 5.41) is 0. The standard InChI is InChI=1S/C19H15F3INO6S/c1-29-16-7-5-14(6-8-16)23(30-31(27,28)19(20,21)22)15-4-2-3-13(11-15)12-24-17(25)9-10-18(24)26/h2-11H,12H2,1H3. The fourth-order valence-electron chi connectivity index (χ4n) is 2.51. The number of carbonyl (C=O) groups excluding carboxylic acids is 2. The second-order valence-corrected chi connectivity index (χ2v) is 12.6. The van der Waals surface area contributed by atoms with E-state index in [0.717, 1.165) is 17.1 Å². The van der Waals surface area contributed by atoms with Gasteiger partial charge in [-0.25, -0.2) is 0 Å². The van der Waals surface area contributed by atoms with Crippen LogP contribution in [-0.2, 0) is 28.8 Å². The third-order valence-corrected chi connectivity index (χ3v) is 11.0. The number of carbonyl (C=O) groups is 2. The van der Waals surface area contributed by atoms with E-state index in [2.05, 4.69) is 0 Å². The number of ether oxygens (including phenoxy) is 1. The molecule has 0 N–H and O–H groups in total. The maximum atomic E-state index is 13.0. The van der Waals surface area contributed by atoms with Gasteiger partial charge in [-0.3, -0.25) is 0 Å². The number of imide groups is 1. The van der Waals surface area contributed by atoms with Crippen molar-refractivity contribution < 1.29 is 38.4 Å². The fourth-order valence-corrected chi connectivity index (χ4v) is 9.12. The molecule has 0 bridgehead atoms. The van der Waals surface area contributed by atoms with Gasteiger partial charge in [-0.2, -0.15) is 0 Å². The van der Waals surface area contributed by atoms with Crippen molar-refractivity contribution >= 4 is 42.2 Å². The Kier molecular flexibility index (Phi) is 6.71. The van der Waals surface area contributed by atoms with Crippen LogP contribution < -0.4 is 4.74 Å². The first-order valence-corrected chi connectivity index (χ1v) is 12.9. The molecule has 1 aliphatic heterocycles. The molecule has 0 unspecified atom stereocenters. The number of amides is 2. The average molecular weight is 569 g/mol. The molecule has 31 heavy (non-hydrogen) atoms. The van der Waals surface area contributed by atoms with E-state index in [1.54, 1.807) is 6.07 Å². The molecule has 2 aromatic rings. The molecule has 3 rings (SSSR count). The van der Waals surface area contributed by atoms with Gasteiger partial charge >= 0.3 is 184 Å². The van der Waals surface area contributed by atoms with Crippen LogP contribution >= 0.6 is 20.2 Å². The minimum absolute atomic E-state index is 0.114. The van der Waals surface area contributed by atoms with Gasteiger partial charge in [-0.1, -0.05) is 0 Å². The Morgan fingerprint density at radius 1 is 0.968 bits per heavy atom. The zero-order valence-corrected chi connectivity index (χ0v) is 18.8. The predicted molar refractivity (Wildman–Crippen MR) is 112 cm³/mol. The van der Waals surface area contributed by atoms with Crippen molar-refractivity contribution in [3.05, 3.63) is 73.4 Å². The van der Waals surface area contributed by atoms with E-state index in [9.17, 15) is 31.2 Å². The molecule has 2 aromatic carbocycles. The van der Waals surface area contributed by atoms with Crippen molar-refractivity contribution in [2.45, 2.75) is 12.1 Å². The summed E-state index contributed by atoms with van der Waals surface area (Å²) in [4.78, 5) is 24.5. The molecule has 7 nitrogen and oxygen atoms in total. The summed E-state index contributed by atoms with van der Waals surface area (Å²) < 4.78 is 72.7. The molecule has 0 atom stereocenters. The van der Waals surface area contributed by atoms with E-state index in [1.807, 2.05) is 0 Å². The normalized spacial score (nSPS) is 14.8. The van der Waals surface area contributed by atoms with E-state index >= 15 is 0 Å². The van der Waals surface area contributed by atoms with Crippen molar-refractivity contribution in [1.82, 2.24) is 4.90 Å². The Bertz CT molecular complexity index is 1110. The molecule has 0 saturated heterocycles. The first-order valence-electron chi connectivity index (χ1n) is 8.49. The average Bonchev–Trinajstić information content (AvgIpc) is 3.03. The molecule has 2 amide bonds.